The van der Waals surface area contributed by atoms with Crippen LogP contribution < -0.4 is 11.2 Å². The number of nitrogen functional groups attached to an aromatic ring is 1. The summed E-state index contributed by atoms with van der Waals surface area (Å²) in [4.78, 5) is 12.5. The Morgan fingerprint density at radius 1 is 1.25 bits per heavy atom. The molecule has 0 aromatic carbocycles. The van der Waals surface area contributed by atoms with Crippen LogP contribution in [-0.4, -0.2) is 20.2 Å². The molecule has 6 heteroatoms. The number of rotatable bonds is 2. The fraction of sp³-hybridized carbons (Fsp3) is 0.0714. The summed E-state index contributed by atoms with van der Waals surface area (Å²) in [6, 6.07) is 5.53. The molecule has 100 valence electrons. The van der Waals surface area contributed by atoms with Gasteiger partial charge in [0, 0.05) is 29.5 Å². The van der Waals surface area contributed by atoms with Crippen LogP contribution in [0.2, 0.25) is 0 Å². The summed E-state index contributed by atoms with van der Waals surface area (Å²) in [5, 5.41) is 10.5. The van der Waals surface area contributed by atoms with Crippen molar-refractivity contribution < 1.29 is 5.21 Å². The molecule has 0 atom stereocenters. The Hall–Kier alpha value is -2.73. The average molecular weight is 267 g/mol. The van der Waals surface area contributed by atoms with Gasteiger partial charge in [-0.05, 0) is 36.1 Å². The standard InChI is InChI=1S/C14H13N5O/c1-8-2-3-16-6-10(8)12-4-9-5-13(19-20)17-7-11(9)14(15)18-12/h2-7,20H,1H3,(H2,15,18)(H,17,19). The Morgan fingerprint density at radius 3 is 2.85 bits per heavy atom. The Morgan fingerprint density at radius 2 is 2.10 bits per heavy atom. The van der Waals surface area contributed by atoms with Crippen LogP contribution in [-0.2, 0) is 0 Å². The van der Waals surface area contributed by atoms with Gasteiger partial charge in [0.2, 0.25) is 0 Å². The minimum atomic E-state index is 0.358. The van der Waals surface area contributed by atoms with Crippen LogP contribution in [0.25, 0.3) is 22.0 Å². The zero-order valence-electron chi connectivity index (χ0n) is 10.8. The minimum absolute atomic E-state index is 0.358. The predicted octanol–water partition coefficient (Wildman–Crippen LogP) is 2.38. The van der Waals surface area contributed by atoms with Gasteiger partial charge in [-0.15, -0.1) is 0 Å². The van der Waals surface area contributed by atoms with Gasteiger partial charge >= 0.3 is 0 Å². The van der Waals surface area contributed by atoms with E-state index in [1.54, 1.807) is 24.7 Å². The van der Waals surface area contributed by atoms with Crippen molar-refractivity contribution in [2.45, 2.75) is 6.92 Å². The summed E-state index contributed by atoms with van der Waals surface area (Å²) < 4.78 is 0. The van der Waals surface area contributed by atoms with E-state index in [0.29, 0.717) is 11.6 Å². The lowest BCUT2D eigenvalue weighted by atomic mass is 10.1. The maximum Gasteiger partial charge on any atom is 0.150 e. The van der Waals surface area contributed by atoms with Crippen LogP contribution >= 0.6 is 0 Å². The topological polar surface area (TPSA) is 97.0 Å². The Labute approximate surface area is 115 Å². The number of fused-ring (bicyclic) bond motifs is 1. The minimum Gasteiger partial charge on any atom is -0.383 e. The van der Waals surface area contributed by atoms with Crippen LogP contribution in [0, 0.1) is 6.92 Å². The van der Waals surface area contributed by atoms with Gasteiger partial charge in [0.05, 0.1) is 5.69 Å². The van der Waals surface area contributed by atoms with Gasteiger partial charge in [0.15, 0.2) is 0 Å². The molecule has 6 nitrogen and oxygen atoms in total. The molecule has 0 aliphatic rings. The average Bonchev–Trinajstić information content (AvgIpc) is 2.47. The third kappa shape index (κ3) is 2.02. The summed E-state index contributed by atoms with van der Waals surface area (Å²) in [5.74, 6) is 0.759. The Kier molecular flexibility index (Phi) is 2.92. The first kappa shape index (κ1) is 12.3. The zero-order chi connectivity index (χ0) is 14.1. The third-order valence-corrected chi connectivity index (χ3v) is 3.17. The molecule has 0 spiro atoms. The molecule has 0 unspecified atom stereocenters. The SMILES string of the molecule is Cc1ccncc1-c1cc2cc(NO)ncc2c(N)n1. The third-order valence-electron chi connectivity index (χ3n) is 3.17. The molecule has 20 heavy (non-hydrogen) atoms. The Bertz CT molecular complexity index is 788. The summed E-state index contributed by atoms with van der Waals surface area (Å²) in [6.45, 7) is 1.99. The summed E-state index contributed by atoms with van der Waals surface area (Å²) in [6.07, 6.45) is 5.08. The first-order valence-electron chi connectivity index (χ1n) is 6.06. The van der Waals surface area contributed by atoms with Gasteiger partial charge in [-0.3, -0.25) is 15.7 Å². The molecule has 0 bridgehead atoms. The smallest absolute Gasteiger partial charge is 0.150 e. The van der Waals surface area contributed by atoms with Crippen LogP contribution in [0.5, 0.6) is 0 Å². The van der Waals surface area contributed by atoms with Crippen molar-refractivity contribution in [3.05, 3.63) is 42.4 Å². The molecule has 0 aliphatic heterocycles. The van der Waals surface area contributed by atoms with E-state index in [9.17, 15) is 0 Å². The van der Waals surface area contributed by atoms with Gasteiger partial charge in [0.25, 0.3) is 0 Å². The van der Waals surface area contributed by atoms with Gasteiger partial charge in [-0.1, -0.05) is 0 Å². The Balaban J connectivity index is 2.25. The molecule has 4 N–H and O–H groups in total. The van der Waals surface area contributed by atoms with Crippen molar-refractivity contribution in [3.63, 3.8) is 0 Å². The van der Waals surface area contributed by atoms with Crippen molar-refractivity contribution in [2.24, 2.45) is 0 Å². The zero-order valence-corrected chi connectivity index (χ0v) is 10.8. The number of nitrogens with zero attached hydrogens (tertiary/aromatic N) is 3. The number of aromatic nitrogens is 3. The molecule has 0 amide bonds. The molecule has 0 saturated carbocycles. The molecule has 3 aromatic heterocycles. The van der Waals surface area contributed by atoms with Crippen LogP contribution in [0.4, 0.5) is 11.6 Å². The van der Waals surface area contributed by atoms with Crippen molar-refractivity contribution in [3.8, 4) is 11.3 Å². The highest BCUT2D eigenvalue weighted by Crippen LogP contribution is 2.28. The highest BCUT2D eigenvalue weighted by Gasteiger charge is 2.09. The van der Waals surface area contributed by atoms with Crippen molar-refractivity contribution in [2.75, 3.05) is 11.2 Å². The molecular weight excluding hydrogens is 254 g/mol. The lowest BCUT2D eigenvalue weighted by Gasteiger charge is -2.09. The molecule has 3 rings (SSSR count). The molecular formula is C14H13N5O. The number of nitrogens with two attached hydrogens (primary N) is 1. The van der Waals surface area contributed by atoms with E-state index in [1.165, 1.54) is 0 Å². The van der Waals surface area contributed by atoms with Crippen LogP contribution in [0.1, 0.15) is 5.56 Å². The van der Waals surface area contributed by atoms with E-state index in [4.69, 9.17) is 10.9 Å². The second kappa shape index (κ2) is 4.75. The first-order valence-corrected chi connectivity index (χ1v) is 6.06. The molecule has 3 heterocycles. The van der Waals surface area contributed by atoms with E-state index in [-0.39, 0.29) is 0 Å². The van der Waals surface area contributed by atoms with Crippen molar-refractivity contribution in [1.82, 2.24) is 15.0 Å². The van der Waals surface area contributed by atoms with E-state index in [2.05, 4.69) is 15.0 Å². The lowest BCUT2D eigenvalue weighted by Crippen LogP contribution is -1.98. The largest absolute Gasteiger partial charge is 0.383 e. The van der Waals surface area contributed by atoms with E-state index < -0.39 is 0 Å². The fourth-order valence-corrected chi connectivity index (χ4v) is 2.11. The number of aryl methyl sites for hydroxylation is 1. The summed E-state index contributed by atoms with van der Waals surface area (Å²) in [5.41, 5.74) is 10.7. The number of pyridine rings is 3. The molecule has 3 aromatic rings. The van der Waals surface area contributed by atoms with Gasteiger partial charge in [-0.25, -0.2) is 9.97 Å². The van der Waals surface area contributed by atoms with E-state index >= 15 is 0 Å². The fourth-order valence-electron chi connectivity index (χ4n) is 2.11. The molecule has 0 fully saturated rings. The summed E-state index contributed by atoms with van der Waals surface area (Å²) in [7, 11) is 0. The number of nitrogens with one attached hydrogen (secondary N) is 1. The highest BCUT2D eigenvalue weighted by molar-refractivity contribution is 5.94. The van der Waals surface area contributed by atoms with E-state index in [1.807, 2.05) is 24.5 Å². The molecule has 0 radical (unpaired) electrons. The maximum atomic E-state index is 8.93. The quantitative estimate of drug-likeness (QED) is 0.617. The number of anilines is 2. The lowest BCUT2D eigenvalue weighted by molar-refractivity contribution is 0.386. The molecule has 0 aliphatic carbocycles. The summed E-state index contributed by atoms with van der Waals surface area (Å²) >= 11 is 0. The predicted molar refractivity (Wildman–Crippen MR) is 77.3 cm³/mol. The van der Waals surface area contributed by atoms with Gasteiger partial charge in [0.1, 0.15) is 11.6 Å². The maximum absolute atomic E-state index is 8.93. The van der Waals surface area contributed by atoms with E-state index in [0.717, 1.165) is 27.6 Å². The number of hydrogen-bond acceptors (Lipinski definition) is 6. The number of hydrogen-bond donors (Lipinski definition) is 3. The second-order valence-corrected chi connectivity index (χ2v) is 4.49. The van der Waals surface area contributed by atoms with Crippen molar-refractivity contribution >= 4 is 22.4 Å². The normalized spacial score (nSPS) is 10.7. The van der Waals surface area contributed by atoms with Crippen molar-refractivity contribution in [1.29, 1.82) is 0 Å². The molecule has 0 saturated heterocycles. The van der Waals surface area contributed by atoms with Gasteiger partial charge < -0.3 is 5.73 Å². The van der Waals surface area contributed by atoms with Gasteiger partial charge in [-0.2, -0.15) is 0 Å². The highest BCUT2D eigenvalue weighted by atomic mass is 16.5. The first-order chi connectivity index (χ1) is 9.69. The van der Waals surface area contributed by atoms with Crippen LogP contribution in [0.15, 0.2) is 36.8 Å². The van der Waals surface area contributed by atoms with Crippen LogP contribution in [0.3, 0.4) is 0 Å². The monoisotopic (exact) mass is 267 g/mol. The second-order valence-electron chi connectivity index (χ2n) is 4.49.